The van der Waals surface area contributed by atoms with Gasteiger partial charge in [0.25, 0.3) is 0 Å². The molecule has 3 aromatic rings. The van der Waals surface area contributed by atoms with Crippen LogP contribution in [0.25, 0.3) is 23.1 Å². The normalized spacial score (nSPS) is 10.9. The number of fused-ring (bicyclic) bond motifs is 1. The number of aryl methyl sites for hydroxylation is 1. The van der Waals surface area contributed by atoms with E-state index in [1.54, 1.807) is 0 Å². The fourth-order valence-electron chi connectivity index (χ4n) is 3.20. The quantitative estimate of drug-likeness (QED) is 0.259. The van der Waals surface area contributed by atoms with Crippen LogP contribution in [0, 0.1) is 0 Å². The van der Waals surface area contributed by atoms with Gasteiger partial charge in [-0.3, -0.25) is 0 Å². The Balaban J connectivity index is 0.00000300. The number of pyridine rings is 1. The Morgan fingerprint density at radius 3 is 2.34 bits per heavy atom. The van der Waals surface area contributed by atoms with Gasteiger partial charge in [0.1, 0.15) is 6.54 Å². The van der Waals surface area contributed by atoms with E-state index in [-0.39, 0.29) is 24.0 Å². The van der Waals surface area contributed by atoms with Gasteiger partial charge >= 0.3 is 8.69 Å². The first-order valence-corrected chi connectivity index (χ1v) is 9.79. The summed E-state index contributed by atoms with van der Waals surface area (Å²) in [5.74, 6) is 1.23. The molecule has 0 unspecified atom stereocenters. The predicted octanol–water partition coefficient (Wildman–Crippen LogP) is 2.31. The molecule has 0 atom stereocenters. The van der Waals surface area contributed by atoms with Gasteiger partial charge in [-0.15, -0.1) is 0 Å². The minimum absolute atomic E-state index is 0. The van der Waals surface area contributed by atoms with E-state index in [1.165, 1.54) is 25.1 Å². The van der Waals surface area contributed by atoms with Gasteiger partial charge in [-0.1, -0.05) is 31.2 Å². The van der Waals surface area contributed by atoms with Crippen molar-refractivity contribution in [3.05, 3.63) is 59.8 Å². The average Bonchev–Trinajstić information content (AvgIpc) is 2.74. The highest BCUT2D eigenvalue weighted by Gasteiger charge is 2.14. The molecule has 0 aliphatic heterocycles. The minimum atomic E-state index is -0.464. The molecule has 0 fully saturated rings. The Hall–Kier alpha value is -2.18. The maximum absolute atomic E-state index is 10.9. The lowest BCUT2D eigenvalue weighted by molar-refractivity contribution is -0.671. The molecule has 0 aliphatic rings. The van der Waals surface area contributed by atoms with E-state index in [4.69, 9.17) is 14.0 Å². The van der Waals surface area contributed by atoms with Crippen molar-refractivity contribution in [1.29, 1.82) is 0 Å². The number of hydrogen-bond donors (Lipinski definition) is 0. The zero-order valence-electron chi connectivity index (χ0n) is 16.6. The highest BCUT2D eigenvalue weighted by atomic mass is 127. The van der Waals surface area contributed by atoms with Crippen LogP contribution in [0.1, 0.15) is 24.5 Å². The molecule has 3 rings (SSSR count). The summed E-state index contributed by atoms with van der Waals surface area (Å²) >= 11 is 0. The Kier molecular flexibility index (Phi) is 8.86. The van der Waals surface area contributed by atoms with Gasteiger partial charge in [0, 0.05) is 18.6 Å². The fourth-order valence-corrected chi connectivity index (χ4v) is 3.45. The molecule has 0 amide bonds. The first kappa shape index (κ1) is 23.1. The lowest BCUT2D eigenvalue weighted by atomic mass is 10.1. The molecule has 2 aromatic carbocycles. The first-order chi connectivity index (χ1) is 13.7. The molecule has 1 heterocycles. The van der Waals surface area contributed by atoms with Crippen LogP contribution in [-0.4, -0.2) is 14.2 Å². The van der Waals surface area contributed by atoms with E-state index in [1.807, 2.05) is 18.2 Å². The van der Waals surface area contributed by atoms with Gasteiger partial charge in [0.15, 0.2) is 17.7 Å². The third-order valence-electron chi connectivity index (χ3n) is 4.49. The molecule has 5 nitrogen and oxygen atoms in total. The van der Waals surface area contributed by atoms with Crippen molar-refractivity contribution in [3.63, 3.8) is 0 Å². The van der Waals surface area contributed by atoms with Crippen molar-refractivity contribution < 1.29 is 47.1 Å². The van der Waals surface area contributed by atoms with Crippen LogP contribution in [0.5, 0.6) is 17.2 Å². The molecule has 152 valence electrons. The second kappa shape index (κ2) is 11.1. The maximum Gasteiger partial charge on any atom is 0.396 e. The molecular weight excluding hydrogens is 500 g/mol. The molecular formula is C22H23INO4P. The van der Waals surface area contributed by atoms with E-state index >= 15 is 0 Å². The van der Waals surface area contributed by atoms with E-state index in [2.05, 4.69) is 54.1 Å². The summed E-state index contributed by atoms with van der Waals surface area (Å²) in [5, 5.41) is 1.19. The topological polar surface area (TPSA) is 48.6 Å². The molecule has 0 radical (unpaired) electrons. The second-order valence-corrected chi connectivity index (χ2v) is 6.57. The molecule has 0 saturated carbocycles. The molecule has 1 aromatic heterocycles. The average molecular weight is 523 g/mol. The molecule has 0 aliphatic carbocycles. The Morgan fingerprint density at radius 2 is 1.72 bits per heavy atom. The Morgan fingerprint density at radius 1 is 1.03 bits per heavy atom. The van der Waals surface area contributed by atoms with Crippen LogP contribution in [0.3, 0.4) is 0 Å². The first-order valence-electron chi connectivity index (χ1n) is 9.06. The van der Waals surface area contributed by atoms with E-state index in [9.17, 15) is 4.57 Å². The summed E-state index contributed by atoms with van der Waals surface area (Å²) in [6, 6.07) is 14.2. The van der Waals surface area contributed by atoms with Crippen LogP contribution in [-0.2, 0) is 11.1 Å². The zero-order valence-corrected chi connectivity index (χ0v) is 19.6. The number of rotatable bonds is 8. The van der Waals surface area contributed by atoms with Crippen molar-refractivity contribution in [1.82, 2.24) is 0 Å². The van der Waals surface area contributed by atoms with Crippen LogP contribution < -0.4 is 42.5 Å². The highest BCUT2D eigenvalue weighted by Crippen LogP contribution is 2.40. The van der Waals surface area contributed by atoms with Gasteiger partial charge in [0.2, 0.25) is 11.3 Å². The second-order valence-electron chi connectivity index (χ2n) is 6.24. The summed E-state index contributed by atoms with van der Waals surface area (Å²) in [6.45, 7) is 3.16. The van der Waals surface area contributed by atoms with Crippen molar-refractivity contribution in [2.75, 3.05) is 14.2 Å². The van der Waals surface area contributed by atoms with Crippen molar-refractivity contribution >= 4 is 31.7 Å². The van der Waals surface area contributed by atoms with Crippen LogP contribution >= 0.6 is 8.69 Å². The van der Waals surface area contributed by atoms with Crippen LogP contribution in [0.2, 0.25) is 0 Å². The van der Waals surface area contributed by atoms with E-state index in [0.29, 0.717) is 17.2 Å². The smallest absolute Gasteiger partial charge is 0.396 e. The number of benzene rings is 2. The number of hydrogen-bond acceptors (Lipinski definition) is 4. The zero-order chi connectivity index (χ0) is 19.9. The maximum atomic E-state index is 10.9. The van der Waals surface area contributed by atoms with Gasteiger partial charge in [0.05, 0.1) is 19.6 Å². The van der Waals surface area contributed by atoms with Gasteiger partial charge in [-0.2, -0.15) is 4.57 Å². The van der Waals surface area contributed by atoms with Crippen molar-refractivity contribution in [3.8, 4) is 17.2 Å². The molecule has 7 heteroatoms. The number of para-hydroxylation sites is 1. The fraction of sp³-hybridized carbons (Fsp3) is 0.227. The van der Waals surface area contributed by atoms with Gasteiger partial charge in [-0.25, -0.2) is 4.57 Å². The van der Waals surface area contributed by atoms with Crippen LogP contribution in [0.4, 0.5) is 0 Å². The van der Waals surface area contributed by atoms with Crippen LogP contribution in [0.15, 0.2) is 48.7 Å². The monoisotopic (exact) mass is 523 g/mol. The summed E-state index contributed by atoms with van der Waals surface area (Å²) < 4.78 is 28.9. The lowest BCUT2D eigenvalue weighted by Crippen LogP contribution is -3.00. The number of halogens is 1. The molecule has 0 bridgehead atoms. The summed E-state index contributed by atoms with van der Waals surface area (Å²) in [7, 11) is 2.61. The summed E-state index contributed by atoms with van der Waals surface area (Å²) in [5.41, 5.74) is 3.22. The predicted molar refractivity (Wildman–Crippen MR) is 111 cm³/mol. The molecule has 0 spiro atoms. The molecule has 0 N–H and O–H groups in total. The standard InChI is InChI=1S/C22H23NO4P.HI/c1-4-12-23-13-11-17(18-7-5-6-8-19(18)23)10-9-16-14-20(25-2)22(27-28-24)21(15-16)26-3;/h5-11,13-15H,4,12H2,1-3H3;1H/q+1;/p-1. The van der Waals surface area contributed by atoms with Gasteiger partial charge < -0.3 is 38.0 Å². The summed E-state index contributed by atoms with van der Waals surface area (Å²) in [4.78, 5) is 0. The Labute approximate surface area is 189 Å². The minimum Gasteiger partial charge on any atom is -1.00 e. The highest BCUT2D eigenvalue weighted by molar-refractivity contribution is 7.17. The number of methoxy groups -OCH3 is 2. The van der Waals surface area contributed by atoms with Crippen molar-refractivity contribution in [2.45, 2.75) is 19.9 Å². The summed E-state index contributed by atoms with van der Waals surface area (Å²) in [6.07, 6.45) is 7.27. The SMILES string of the molecule is CCC[n+]1ccc(C=Cc2cc(OC)c(OP=O)c(OC)c2)c2ccccc21.[I-]. The third kappa shape index (κ3) is 5.25. The van der Waals surface area contributed by atoms with E-state index < -0.39 is 8.69 Å². The number of nitrogens with zero attached hydrogens (tertiary/aromatic N) is 1. The molecule has 29 heavy (non-hydrogen) atoms. The number of aromatic nitrogens is 1. The third-order valence-corrected chi connectivity index (χ3v) is 4.75. The van der Waals surface area contributed by atoms with E-state index in [0.717, 1.165) is 24.1 Å². The molecule has 0 saturated heterocycles. The lowest BCUT2D eigenvalue weighted by Gasteiger charge is -2.11. The van der Waals surface area contributed by atoms with Gasteiger partial charge in [-0.05, 0) is 29.3 Å². The Bertz CT molecular complexity index is 998. The number of ether oxygens (including phenoxy) is 2. The largest absolute Gasteiger partial charge is 1.00 e. The van der Waals surface area contributed by atoms with Crippen molar-refractivity contribution in [2.24, 2.45) is 0 Å².